The first-order valence-electron chi connectivity index (χ1n) is 5.28. The van der Waals surface area contributed by atoms with Gasteiger partial charge < -0.3 is 15.1 Å². The predicted octanol–water partition coefficient (Wildman–Crippen LogP) is 1.33. The van der Waals surface area contributed by atoms with Gasteiger partial charge in [0.15, 0.2) is 0 Å². The smallest absolute Gasteiger partial charge is 0.128 e. The number of aliphatic hydroxyl groups is 2. The average molecular weight is 289 g/mol. The molecule has 5 heteroatoms. The second kappa shape index (κ2) is 6.83. The van der Waals surface area contributed by atoms with E-state index in [1.54, 1.807) is 6.20 Å². The van der Waals surface area contributed by atoms with Gasteiger partial charge in [0.05, 0.1) is 6.61 Å². The lowest BCUT2D eigenvalue weighted by Crippen LogP contribution is -2.29. The molecule has 1 heterocycles. The molecular weight excluding hydrogens is 272 g/mol. The molecule has 0 aliphatic heterocycles. The molecule has 0 atom stereocenters. The average Bonchev–Trinajstić information content (AvgIpc) is 2.28. The van der Waals surface area contributed by atoms with E-state index in [1.807, 2.05) is 17.9 Å². The fourth-order valence-electron chi connectivity index (χ4n) is 1.42. The molecule has 0 aliphatic rings. The van der Waals surface area contributed by atoms with Crippen molar-refractivity contribution in [2.45, 2.75) is 13.3 Å². The zero-order chi connectivity index (χ0) is 12.0. The summed E-state index contributed by atoms with van der Waals surface area (Å²) in [6.07, 6.45) is 2.44. The molecule has 0 amide bonds. The molecule has 0 unspecified atom stereocenters. The van der Waals surface area contributed by atoms with Gasteiger partial charge in [0.25, 0.3) is 0 Å². The minimum absolute atomic E-state index is 0.0855. The Hall–Kier alpha value is -0.650. The number of hydrogen-bond acceptors (Lipinski definition) is 4. The molecule has 0 aromatic carbocycles. The van der Waals surface area contributed by atoms with Crippen molar-refractivity contribution in [3.8, 4) is 0 Å². The molecule has 1 rings (SSSR count). The van der Waals surface area contributed by atoms with Gasteiger partial charge in [-0.15, -0.1) is 0 Å². The molecule has 1 aromatic rings. The summed E-state index contributed by atoms with van der Waals surface area (Å²) in [5.41, 5.74) is 1.11. The lowest BCUT2D eigenvalue weighted by atomic mass is 10.3. The number of hydrogen-bond donors (Lipinski definition) is 2. The number of anilines is 1. The maximum atomic E-state index is 8.98. The van der Waals surface area contributed by atoms with Crippen molar-refractivity contribution in [3.05, 3.63) is 22.3 Å². The lowest BCUT2D eigenvalue weighted by molar-refractivity contribution is 0.281. The number of aliphatic hydroxyl groups excluding tert-OH is 2. The number of aryl methyl sites for hydroxylation is 1. The first-order valence-corrected chi connectivity index (χ1v) is 6.07. The molecule has 0 aliphatic carbocycles. The van der Waals surface area contributed by atoms with Crippen molar-refractivity contribution in [2.75, 3.05) is 31.2 Å². The topological polar surface area (TPSA) is 56.6 Å². The summed E-state index contributed by atoms with van der Waals surface area (Å²) in [4.78, 5) is 6.27. The molecule has 0 radical (unpaired) electrons. The number of aromatic nitrogens is 1. The quantitative estimate of drug-likeness (QED) is 0.829. The Labute approximate surface area is 104 Å². The van der Waals surface area contributed by atoms with E-state index in [4.69, 9.17) is 10.2 Å². The van der Waals surface area contributed by atoms with Crippen LogP contribution < -0.4 is 4.90 Å². The Morgan fingerprint density at radius 1 is 1.31 bits per heavy atom. The van der Waals surface area contributed by atoms with Crippen LogP contribution in [0, 0.1) is 6.92 Å². The van der Waals surface area contributed by atoms with Crippen molar-refractivity contribution < 1.29 is 10.2 Å². The molecule has 0 saturated carbocycles. The van der Waals surface area contributed by atoms with Crippen molar-refractivity contribution in [2.24, 2.45) is 0 Å². The van der Waals surface area contributed by atoms with Gasteiger partial charge in [-0.3, -0.25) is 0 Å². The Bertz CT molecular complexity index is 334. The van der Waals surface area contributed by atoms with Gasteiger partial charge in [-0.1, -0.05) is 0 Å². The summed E-state index contributed by atoms with van der Waals surface area (Å²) in [6.45, 7) is 3.47. The molecule has 90 valence electrons. The summed E-state index contributed by atoms with van der Waals surface area (Å²) in [5, 5.41) is 17.8. The van der Waals surface area contributed by atoms with Gasteiger partial charge in [-0.2, -0.15) is 0 Å². The molecule has 0 fully saturated rings. The number of halogens is 1. The van der Waals surface area contributed by atoms with Crippen LogP contribution >= 0.6 is 15.9 Å². The standard InChI is InChI=1S/C11H17BrN2O2/c1-9-7-11(13-8-10(9)12)14(4-6-16)3-2-5-15/h7-8,15-16H,2-6H2,1H3. The molecular formula is C11H17BrN2O2. The predicted molar refractivity (Wildman–Crippen MR) is 67.7 cm³/mol. The van der Waals surface area contributed by atoms with Crippen LogP contribution in [0.1, 0.15) is 12.0 Å². The van der Waals surface area contributed by atoms with E-state index in [0.29, 0.717) is 19.5 Å². The van der Waals surface area contributed by atoms with Gasteiger partial charge in [0.2, 0.25) is 0 Å². The SMILES string of the molecule is Cc1cc(N(CCO)CCCO)ncc1Br. The highest BCUT2D eigenvalue weighted by molar-refractivity contribution is 9.10. The van der Waals surface area contributed by atoms with Crippen molar-refractivity contribution in [1.29, 1.82) is 0 Å². The zero-order valence-electron chi connectivity index (χ0n) is 9.36. The maximum absolute atomic E-state index is 8.98. The third-order valence-corrected chi connectivity index (χ3v) is 3.14. The van der Waals surface area contributed by atoms with Crippen molar-refractivity contribution in [3.63, 3.8) is 0 Å². The molecule has 0 spiro atoms. The second-order valence-corrected chi connectivity index (χ2v) is 4.43. The van der Waals surface area contributed by atoms with Crippen LogP contribution in [0.15, 0.2) is 16.7 Å². The van der Waals surface area contributed by atoms with Crippen LogP contribution in [0.3, 0.4) is 0 Å². The monoisotopic (exact) mass is 288 g/mol. The van der Waals surface area contributed by atoms with Crippen molar-refractivity contribution >= 4 is 21.7 Å². The zero-order valence-corrected chi connectivity index (χ0v) is 10.9. The van der Waals surface area contributed by atoms with Crippen molar-refractivity contribution in [1.82, 2.24) is 4.98 Å². The Morgan fingerprint density at radius 3 is 2.62 bits per heavy atom. The molecule has 4 nitrogen and oxygen atoms in total. The highest BCUT2D eigenvalue weighted by atomic mass is 79.9. The van der Waals surface area contributed by atoms with Crippen LogP contribution in [0.25, 0.3) is 0 Å². The minimum atomic E-state index is 0.0855. The minimum Gasteiger partial charge on any atom is -0.396 e. The lowest BCUT2D eigenvalue weighted by Gasteiger charge is -2.22. The summed E-state index contributed by atoms with van der Waals surface area (Å²) in [6, 6.07) is 1.97. The number of rotatable bonds is 6. The third kappa shape index (κ3) is 3.73. The second-order valence-electron chi connectivity index (χ2n) is 3.58. The normalized spacial score (nSPS) is 10.5. The Balaban J connectivity index is 2.78. The summed E-state index contributed by atoms with van der Waals surface area (Å²) in [7, 11) is 0. The van der Waals surface area contributed by atoms with Gasteiger partial charge in [0.1, 0.15) is 5.82 Å². The largest absolute Gasteiger partial charge is 0.396 e. The van der Waals surface area contributed by atoms with E-state index >= 15 is 0 Å². The van der Waals surface area contributed by atoms with Crippen LogP contribution in [0.2, 0.25) is 0 Å². The first kappa shape index (κ1) is 13.4. The van der Waals surface area contributed by atoms with Crippen LogP contribution in [-0.2, 0) is 0 Å². The van der Waals surface area contributed by atoms with Crippen LogP contribution in [-0.4, -0.2) is 41.5 Å². The molecule has 0 bridgehead atoms. The van der Waals surface area contributed by atoms with E-state index in [1.165, 1.54) is 0 Å². The summed E-state index contributed by atoms with van der Waals surface area (Å²) in [5.74, 6) is 0.836. The number of nitrogens with zero attached hydrogens (tertiary/aromatic N) is 2. The fraction of sp³-hybridized carbons (Fsp3) is 0.545. The highest BCUT2D eigenvalue weighted by Gasteiger charge is 2.08. The van der Waals surface area contributed by atoms with Crippen LogP contribution in [0.4, 0.5) is 5.82 Å². The van der Waals surface area contributed by atoms with Gasteiger partial charge in [-0.25, -0.2) is 4.98 Å². The summed E-state index contributed by atoms with van der Waals surface area (Å²) >= 11 is 3.40. The summed E-state index contributed by atoms with van der Waals surface area (Å²) < 4.78 is 0.974. The Kier molecular flexibility index (Phi) is 5.73. The maximum Gasteiger partial charge on any atom is 0.128 e. The van der Waals surface area contributed by atoms with Gasteiger partial charge in [0, 0.05) is 30.4 Å². The highest BCUT2D eigenvalue weighted by Crippen LogP contribution is 2.19. The Morgan fingerprint density at radius 2 is 2.06 bits per heavy atom. The molecule has 0 saturated heterocycles. The molecule has 2 N–H and O–H groups in total. The van der Waals surface area contributed by atoms with E-state index in [9.17, 15) is 0 Å². The van der Waals surface area contributed by atoms with E-state index < -0.39 is 0 Å². The van der Waals surface area contributed by atoms with Gasteiger partial charge >= 0.3 is 0 Å². The van der Waals surface area contributed by atoms with E-state index in [2.05, 4.69) is 20.9 Å². The van der Waals surface area contributed by atoms with Crippen LogP contribution in [0.5, 0.6) is 0 Å². The van der Waals surface area contributed by atoms with E-state index in [0.717, 1.165) is 15.9 Å². The van der Waals surface area contributed by atoms with E-state index in [-0.39, 0.29) is 13.2 Å². The fourth-order valence-corrected chi connectivity index (χ4v) is 1.64. The molecule has 1 aromatic heterocycles. The number of pyridine rings is 1. The third-order valence-electron chi connectivity index (χ3n) is 2.31. The van der Waals surface area contributed by atoms with Gasteiger partial charge in [-0.05, 0) is 40.9 Å². The first-order chi connectivity index (χ1) is 7.69. The molecule has 16 heavy (non-hydrogen) atoms.